The third-order valence-corrected chi connectivity index (χ3v) is 2.30. The molecule has 88 valence electrons. The van der Waals surface area contributed by atoms with Crippen molar-refractivity contribution in [1.29, 1.82) is 0 Å². The fraction of sp³-hybridized carbons (Fsp3) is 0.100. The molecule has 2 aromatic rings. The van der Waals surface area contributed by atoms with Gasteiger partial charge in [-0.1, -0.05) is 23.7 Å². The first-order chi connectivity index (χ1) is 8.15. The van der Waals surface area contributed by atoms with Crippen LogP contribution in [0.15, 0.2) is 33.9 Å². The number of benzene rings is 1. The van der Waals surface area contributed by atoms with Crippen molar-refractivity contribution in [2.45, 2.75) is 6.54 Å². The van der Waals surface area contributed by atoms with E-state index in [-0.39, 0.29) is 5.82 Å². The molecule has 0 unspecified atom stereocenters. The molecule has 0 amide bonds. The Kier molecular flexibility index (Phi) is 3.24. The standard InChI is InChI=1S/C10H9ClN4O2/c11-7-3-1-2-6(4-7)5-12-8-9(16)13-10(17)15-14-8/h1-4H,5H2,(H,12,14)(H2,13,15,16,17). The molecule has 0 aliphatic rings. The van der Waals surface area contributed by atoms with Crippen LogP contribution < -0.4 is 16.6 Å². The zero-order valence-electron chi connectivity index (χ0n) is 8.66. The van der Waals surface area contributed by atoms with Crippen molar-refractivity contribution in [2.75, 3.05) is 5.32 Å². The van der Waals surface area contributed by atoms with Crippen molar-refractivity contribution < 1.29 is 0 Å². The number of halogens is 1. The molecule has 0 bridgehead atoms. The first-order valence-corrected chi connectivity index (χ1v) is 5.20. The van der Waals surface area contributed by atoms with Crippen molar-refractivity contribution >= 4 is 17.4 Å². The minimum Gasteiger partial charge on any atom is -0.360 e. The quantitative estimate of drug-likeness (QED) is 0.751. The van der Waals surface area contributed by atoms with Crippen LogP contribution in [-0.4, -0.2) is 15.2 Å². The van der Waals surface area contributed by atoms with Crippen LogP contribution in [0, 0.1) is 0 Å². The third kappa shape index (κ3) is 2.94. The summed E-state index contributed by atoms with van der Waals surface area (Å²) in [4.78, 5) is 24.1. The molecular formula is C10H9ClN4O2. The molecule has 0 saturated heterocycles. The van der Waals surface area contributed by atoms with Crippen molar-refractivity contribution in [3.63, 3.8) is 0 Å². The summed E-state index contributed by atoms with van der Waals surface area (Å²) in [7, 11) is 0. The highest BCUT2D eigenvalue weighted by Crippen LogP contribution is 2.11. The molecule has 1 aromatic carbocycles. The Morgan fingerprint density at radius 1 is 1.35 bits per heavy atom. The third-order valence-electron chi connectivity index (χ3n) is 2.06. The maximum absolute atomic E-state index is 11.3. The van der Waals surface area contributed by atoms with E-state index in [1.807, 2.05) is 12.1 Å². The lowest BCUT2D eigenvalue weighted by atomic mass is 10.2. The number of H-pyrrole nitrogens is 2. The van der Waals surface area contributed by atoms with Gasteiger partial charge in [-0.05, 0) is 17.7 Å². The average molecular weight is 253 g/mol. The molecular weight excluding hydrogens is 244 g/mol. The molecule has 0 radical (unpaired) electrons. The number of aromatic nitrogens is 3. The summed E-state index contributed by atoms with van der Waals surface area (Å²) in [6, 6.07) is 7.20. The van der Waals surface area contributed by atoms with Crippen LogP contribution in [-0.2, 0) is 6.54 Å². The van der Waals surface area contributed by atoms with E-state index in [0.29, 0.717) is 11.6 Å². The molecule has 6 nitrogen and oxygen atoms in total. The Balaban J connectivity index is 2.12. The lowest BCUT2D eigenvalue weighted by Gasteiger charge is -2.04. The second-order valence-corrected chi connectivity index (χ2v) is 3.78. The minimum atomic E-state index is -0.636. The normalized spacial score (nSPS) is 10.2. The van der Waals surface area contributed by atoms with E-state index in [1.165, 1.54) is 0 Å². The molecule has 17 heavy (non-hydrogen) atoms. The van der Waals surface area contributed by atoms with Gasteiger partial charge in [0, 0.05) is 11.6 Å². The van der Waals surface area contributed by atoms with Crippen LogP contribution >= 0.6 is 11.6 Å². The first-order valence-electron chi connectivity index (χ1n) is 4.82. The van der Waals surface area contributed by atoms with Gasteiger partial charge in [0.1, 0.15) is 0 Å². The minimum absolute atomic E-state index is 0.0598. The Hall–Kier alpha value is -2.08. The summed E-state index contributed by atoms with van der Waals surface area (Å²) in [5.41, 5.74) is -0.288. The van der Waals surface area contributed by atoms with Crippen molar-refractivity contribution in [3.05, 3.63) is 55.7 Å². The van der Waals surface area contributed by atoms with Crippen LogP contribution in [0.4, 0.5) is 5.82 Å². The van der Waals surface area contributed by atoms with Gasteiger partial charge < -0.3 is 5.32 Å². The zero-order valence-corrected chi connectivity index (χ0v) is 9.41. The van der Waals surface area contributed by atoms with E-state index >= 15 is 0 Å². The number of nitrogens with zero attached hydrogens (tertiary/aromatic N) is 1. The molecule has 0 atom stereocenters. The summed E-state index contributed by atoms with van der Waals surface area (Å²) >= 11 is 5.82. The van der Waals surface area contributed by atoms with Crippen LogP contribution in [0.2, 0.25) is 5.02 Å². The van der Waals surface area contributed by atoms with Crippen LogP contribution in [0.1, 0.15) is 5.56 Å². The smallest absolute Gasteiger partial charge is 0.342 e. The number of rotatable bonds is 3. The lowest BCUT2D eigenvalue weighted by Crippen LogP contribution is -2.26. The predicted octanol–water partition coefficient (Wildman–Crippen LogP) is 0.724. The van der Waals surface area contributed by atoms with Gasteiger partial charge in [-0.2, -0.15) is 0 Å². The van der Waals surface area contributed by atoms with Crippen molar-refractivity contribution in [1.82, 2.24) is 15.2 Å². The number of aromatic amines is 2. The molecule has 1 heterocycles. The maximum Gasteiger partial charge on any atom is 0.342 e. The van der Waals surface area contributed by atoms with E-state index < -0.39 is 11.2 Å². The first kappa shape index (κ1) is 11.4. The highest BCUT2D eigenvalue weighted by molar-refractivity contribution is 6.30. The van der Waals surface area contributed by atoms with E-state index in [1.54, 1.807) is 12.1 Å². The van der Waals surface area contributed by atoms with Gasteiger partial charge in [-0.15, -0.1) is 5.10 Å². The van der Waals surface area contributed by atoms with Gasteiger partial charge in [-0.3, -0.25) is 9.78 Å². The monoisotopic (exact) mass is 252 g/mol. The number of hydrogen-bond acceptors (Lipinski definition) is 4. The summed E-state index contributed by atoms with van der Waals surface area (Å²) in [6.45, 7) is 0.392. The van der Waals surface area contributed by atoms with Gasteiger partial charge in [-0.25, -0.2) is 9.89 Å². The SMILES string of the molecule is O=c1[nH]nc(NCc2cccc(Cl)c2)c(=O)[nH]1. The molecule has 0 aliphatic carbocycles. The van der Waals surface area contributed by atoms with E-state index in [9.17, 15) is 9.59 Å². The Bertz CT molecular complexity index is 634. The predicted molar refractivity (Wildman–Crippen MR) is 64.3 cm³/mol. The summed E-state index contributed by atoms with van der Waals surface area (Å²) in [6.07, 6.45) is 0. The summed E-state index contributed by atoms with van der Waals surface area (Å²) in [5.74, 6) is 0.0598. The fourth-order valence-corrected chi connectivity index (χ4v) is 1.51. The number of hydrogen-bond donors (Lipinski definition) is 3. The fourth-order valence-electron chi connectivity index (χ4n) is 1.30. The number of anilines is 1. The highest BCUT2D eigenvalue weighted by Gasteiger charge is 2.01. The zero-order chi connectivity index (χ0) is 12.3. The Morgan fingerprint density at radius 2 is 2.18 bits per heavy atom. The van der Waals surface area contributed by atoms with Crippen molar-refractivity contribution in [2.24, 2.45) is 0 Å². The van der Waals surface area contributed by atoms with Gasteiger partial charge in [0.2, 0.25) is 5.82 Å². The van der Waals surface area contributed by atoms with Crippen LogP contribution in [0.3, 0.4) is 0 Å². The molecule has 3 N–H and O–H groups in total. The molecule has 0 spiro atoms. The maximum atomic E-state index is 11.3. The Morgan fingerprint density at radius 3 is 2.88 bits per heavy atom. The highest BCUT2D eigenvalue weighted by atomic mass is 35.5. The summed E-state index contributed by atoms with van der Waals surface area (Å²) < 4.78 is 0. The second-order valence-electron chi connectivity index (χ2n) is 3.34. The molecule has 7 heteroatoms. The molecule has 0 fully saturated rings. The molecule has 0 saturated carbocycles. The number of nitrogens with one attached hydrogen (secondary N) is 3. The van der Waals surface area contributed by atoms with Gasteiger partial charge in [0.15, 0.2) is 0 Å². The van der Waals surface area contributed by atoms with Gasteiger partial charge in [0.25, 0.3) is 5.56 Å². The van der Waals surface area contributed by atoms with Crippen molar-refractivity contribution in [3.8, 4) is 0 Å². The average Bonchev–Trinajstić information content (AvgIpc) is 2.28. The summed E-state index contributed by atoms with van der Waals surface area (Å²) in [5, 5.41) is 9.15. The molecule has 1 aromatic heterocycles. The second kappa shape index (κ2) is 4.84. The lowest BCUT2D eigenvalue weighted by molar-refractivity contribution is 0.883. The largest absolute Gasteiger partial charge is 0.360 e. The van der Waals surface area contributed by atoms with E-state index in [4.69, 9.17) is 11.6 Å². The van der Waals surface area contributed by atoms with Crippen LogP contribution in [0.5, 0.6) is 0 Å². The van der Waals surface area contributed by atoms with Crippen LogP contribution in [0.25, 0.3) is 0 Å². The topological polar surface area (TPSA) is 90.6 Å². The van der Waals surface area contributed by atoms with E-state index in [0.717, 1.165) is 5.56 Å². The van der Waals surface area contributed by atoms with Gasteiger partial charge in [0.05, 0.1) is 0 Å². The molecule has 2 rings (SSSR count). The Labute approximate surface area is 101 Å². The van der Waals surface area contributed by atoms with E-state index in [2.05, 4.69) is 20.5 Å². The van der Waals surface area contributed by atoms with Gasteiger partial charge >= 0.3 is 5.69 Å². The molecule has 0 aliphatic heterocycles.